The van der Waals surface area contributed by atoms with Gasteiger partial charge in [0.2, 0.25) is 5.95 Å². The largest absolute Gasteiger partial charge is 0.467 e. The van der Waals surface area contributed by atoms with Crippen LogP contribution in [0.25, 0.3) is 11.0 Å². The van der Waals surface area contributed by atoms with Gasteiger partial charge in [-0.3, -0.25) is 4.79 Å². The highest BCUT2D eigenvalue weighted by Crippen LogP contribution is 2.22. The van der Waals surface area contributed by atoms with E-state index in [4.69, 9.17) is 4.74 Å². The van der Waals surface area contributed by atoms with Gasteiger partial charge >= 0.3 is 5.97 Å². The second-order valence-corrected chi connectivity index (χ2v) is 8.09. The number of anilines is 1. The van der Waals surface area contributed by atoms with Crippen LogP contribution >= 0.6 is 0 Å². The van der Waals surface area contributed by atoms with Gasteiger partial charge in [0.05, 0.1) is 18.1 Å². The Morgan fingerprint density at radius 2 is 1.80 bits per heavy atom. The van der Waals surface area contributed by atoms with E-state index in [0.29, 0.717) is 11.5 Å². The van der Waals surface area contributed by atoms with Crippen molar-refractivity contribution in [2.45, 2.75) is 59.4 Å². The van der Waals surface area contributed by atoms with Crippen LogP contribution in [0.3, 0.4) is 0 Å². The van der Waals surface area contributed by atoms with E-state index >= 15 is 0 Å². The van der Waals surface area contributed by atoms with Crippen molar-refractivity contribution in [1.29, 1.82) is 0 Å². The molecule has 0 aliphatic carbocycles. The maximum atomic E-state index is 13.1. The summed E-state index contributed by atoms with van der Waals surface area (Å²) in [6.45, 7) is 9.74. The van der Waals surface area contributed by atoms with E-state index in [1.165, 1.54) is 7.11 Å². The number of amides is 1. The first kappa shape index (κ1) is 23.7. The van der Waals surface area contributed by atoms with Crippen molar-refractivity contribution in [3.05, 3.63) is 23.8 Å². The molecule has 7 nitrogen and oxygen atoms in total. The van der Waals surface area contributed by atoms with E-state index < -0.39 is 6.04 Å². The molecule has 1 N–H and O–H groups in total. The molecule has 2 aromatic rings. The zero-order chi connectivity index (χ0) is 22.3. The maximum Gasteiger partial charge on any atom is 0.328 e. The van der Waals surface area contributed by atoms with Gasteiger partial charge in [-0.2, -0.15) is 0 Å². The van der Waals surface area contributed by atoms with Crippen LogP contribution in [-0.4, -0.2) is 52.6 Å². The lowest BCUT2D eigenvalue weighted by molar-refractivity contribution is -0.142. The normalized spacial score (nSPS) is 12.2. The third-order valence-corrected chi connectivity index (χ3v) is 5.38. The number of hydrogen-bond acceptors (Lipinski definition) is 5. The van der Waals surface area contributed by atoms with Crippen LogP contribution in [-0.2, 0) is 16.6 Å². The number of rotatable bonds is 11. The van der Waals surface area contributed by atoms with Crippen LogP contribution < -0.4 is 5.32 Å². The highest BCUT2D eigenvalue weighted by Gasteiger charge is 2.25. The predicted octanol–water partition coefficient (Wildman–Crippen LogP) is 4.23. The molecule has 30 heavy (non-hydrogen) atoms. The summed E-state index contributed by atoms with van der Waals surface area (Å²) >= 11 is 0. The molecular formula is C23H36N4O3. The van der Waals surface area contributed by atoms with Crippen LogP contribution in [0.5, 0.6) is 0 Å². The van der Waals surface area contributed by atoms with Crippen molar-refractivity contribution in [3.8, 4) is 0 Å². The summed E-state index contributed by atoms with van der Waals surface area (Å²) in [7, 11) is 3.27. The molecule has 0 aliphatic rings. The van der Waals surface area contributed by atoms with Gasteiger partial charge in [-0.1, -0.05) is 40.5 Å². The number of aromatic nitrogens is 2. The number of carbonyl (C=O) groups is 2. The summed E-state index contributed by atoms with van der Waals surface area (Å²) in [5, 5.41) is 3.20. The third-order valence-electron chi connectivity index (χ3n) is 5.38. The SMILES string of the molecule is CCCCN(CCCC)C(=O)c1ccc2nc(NC(C(=O)OC)C(C)C)n(C)c2c1. The van der Waals surface area contributed by atoms with Crippen molar-refractivity contribution in [3.63, 3.8) is 0 Å². The minimum absolute atomic E-state index is 0.0418. The number of carbonyl (C=O) groups excluding carboxylic acids is 2. The Bertz CT molecular complexity index is 851. The monoisotopic (exact) mass is 416 g/mol. The van der Waals surface area contributed by atoms with Crippen LogP contribution in [0.1, 0.15) is 63.7 Å². The number of ether oxygens (including phenoxy) is 1. The van der Waals surface area contributed by atoms with Crippen LogP contribution in [0, 0.1) is 5.92 Å². The van der Waals surface area contributed by atoms with Gasteiger partial charge in [0, 0.05) is 25.7 Å². The highest BCUT2D eigenvalue weighted by atomic mass is 16.5. The Balaban J connectivity index is 2.32. The van der Waals surface area contributed by atoms with Crippen molar-refractivity contribution < 1.29 is 14.3 Å². The zero-order valence-electron chi connectivity index (χ0n) is 19.2. The molecule has 2 rings (SSSR count). The second-order valence-electron chi connectivity index (χ2n) is 8.09. The van der Waals surface area contributed by atoms with Crippen LogP contribution in [0.2, 0.25) is 0 Å². The van der Waals surface area contributed by atoms with E-state index in [2.05, 4.69) is 24.1 Å². The zero-order valence-corrected chi connectivity index (χ0v) is 19.2. The lowest BCUT2D eigenvalue weighted by Gasteiger charge is -2.22. The van der Waals surface area contributed by atoms with E-state index in [1.54, 1.807) is 0 Å². The molecule has 0 fully saturated rings. The van der Waals surface area contributed by atoms with E-state index in [-0.39, 0.29) is 17.8 Å². The topological polar surface area (TPSA) is 76.5 Å². The van der Waals surface area contributed by atoms with Gasteiger partial charge in [-0.25, -0.2) is 9.78 Å². The first-order valence-electron chi connectivity index (χ1n) is 10.9. The molecule has 1 aromatic carbocycles. The van der Waals surface area contributed by atoms with Crippen molar-refractivity contribution in [1.82, 2.24) is 14.5 Å². The van der Waals surface area contributed by atoms with Crippen molar-refractivity contribution >= 4 is 28.9 Å². The van der Waals surface area contributed by atoms with Gasteiger partial charge in [-0.05, 0) is 37.0 Å². The molecule has 1 atom stereocenters. The summed E-state index contributed by atoms with van der Waals surface area (Å²) in [4.78, 5) is 31.8. The molecule has 7 heteroatoms. The number of esters is 1. The number of benzene rings is 1. The molecule has 1 heterocycles. The fourth-order valence-corrected chi connectivity index (χ4v) is 3.41. The summed E-state index contributed by atoms with van der Waals surface area (Å²) in [6, 6.07) is 5.11. The fourth-order valence-electron chi connectivity index (χ4n) is 3.41. The number of hydrogen-bond donors (Lipinski definition) is 1. The molecule has 0 saturated carbocycles. The summed E-state index contributed by atoms with van der Waals surface area (Å²) < 4.78 is 6.79. The first-order valence-corrected chi connectivity index (χ1v) is 10.9. The molecule has 0 bridgehead atoms. The summed E-state index contributed by atoms with van der Waals surface area (Å²) in [6.07, 6.45) is 4.12. The van der Waals surface area contributed by atoms with Crippen LogP contribution in [0.4, 0.5) is 5.95 Å². The molecule has 166 valence electrons. The number of imidazole rings is 1. The molecule has 1 aromatic heterocycles. The molecule has 0 spiro atoms. The Morgan fingerprint density at radius 1 is 1.17 bits per heavy atom. The third kappa shape index (κ3) is 5.52. The smallest absolute Gasteiger partial charge is 0.328 e. The molecule has 0 saturated heterocycles. The minimum atomic E-state index is -0.495. The number of aryl methyl sites for hydroxylation is 1. The van der Waals surface area contributed by atoms with Crippen molar-refractivity contribution in [2.75, 3.05) is 25.5 Å². The summed E-state index contributed by atoms with van der Waals surface area (Å²) in [5.41, 5.74) is 2.29. The fraction of sp³-hybridized carbons (Fsp3) is 0.609. The minimum Gasteiger partial charge on any atom is -0.467 e. The maximum absolute atomic E-state index is 13.1. The number of methoxy groups -OCH3 is 1. The van der Waals surface area contributed by atoms with Gasteiger partial charge in [-0.15, -0.1) is 0 Å². The Hall–Kier alpha value is -2.57. The number of nitrogens with zero attached hydrogens (tertiary/aromatic N) is 3. The number of fused-ring (bicyclic) bond motifs is 1. The molecular weight excluding hydrogens is 380 g/mol. The summed E-state index contributed by atoms with van der Waals surface area (Å²) in [5.74, 6) is 0.354. The molecule has 1 unspecified atom stereocenters. The Morgan fingerprint density at radius 3 is 2.33 bits per heavy atom. The lowest BCUT2D eigenvalue weighted by atomic mass is 10.1. The van der Waals surface area contributed by atoms with Gasteiger partial charge in [0.15, 0.2) is 0 Å². The number of unbranched alkanes of at least 4 members (excludes halogenated alkanes) is 2. The Kier molecular flexibility index (Phi) is 8.69. The van der Waals surface area contributed by atoms with E-state index in [1.807, 2.05) is 48.6 Å². The van der Waals surface area contributed by atoms with Crippen LogP contribution in [0.15, 0.2) is 18.2 Å². The highest BCUT2D eigenvalue weighted by molar-refractivity contribution is 5.97. The van der Waals surface area contributed by atoms with Crippen molar-refractivity contribution in [2.24, 2.45) is 13.0 Å². The molecule has 1 amide bonds. The predicted molar refractivity (Wildman–Crippen MR) is 121 cm³/mol. The lowest BCUT2D eigenvalue weighted by Crippen LogP contribution is -2.36. The van der Waals surface area contributed by atoms with Gasteiger partial charge < -0.3 is 19.5 Å². The number of nitrogens with one attached hydrogen (secondary N) is 1. The Labute approximate surface area is 179 Å². The van der Waals surface area contributed by atoms with E-state index in [0.717, 1.165) is 49.8 Å². The first-order chi connectivity index (χ1) is 14.3. The van der Waals surface area contributed by atoms with Gasteiger partial charge in [0.1, 0.15) is 6.04 Å². The van der Waals surface area contributed by atoms with Gasteiger partial charge in [0.25, 0.3) is 5.91 Å². The molecule has 0 radical (unpaired) electrons. The average Bonchev–Trinajstić information content (AvgIpc) is 3.05. The van der Waals surface area contributed by atoms with E-state index in [9.17, 15) is 9.59 Å². The molecule has 0 aliphatic heterocycles. The quantitative estimate of drug-likeness (QED) is 0.555. The average molecular weight is 417 g/mol. The standard InChI is InChI=1S/C23H36N4O3/c1-7-9-13-27(14-10-8-2)21(28)17-11-12-18-19(15-17)26(5)23(24-18)25-20(16(3)4)22(29)30-6/h11-12,15-16,20H,7-10,13-14H2,1-6H3,(H,24,25). The second kappa shape index (κ2) is 11.0.